The number of pyridine rings is 1. The average molecular weight is 512 g/mol. The lowest BCUT2D eigenvalue weighted by Gasteiger charge is -2.33. The second-order valence-corrected chi connectivity index (χ2v) is 10.2. The Hall–Kier alpha value is -3.31. The fourth-order valence-corrected chi connectivity index (χ4v) is 5.59. The second kappa shape index (κ2) is 9.21. The Labute approximate surface area is 211 Å². The van der Waals surface area contributed by atoms with E-state index in [1.54, 1.807) is 6.33 Å². The monoisotopic (exact) mass is 511 g/mol. The summed E-state index contributed by atoms with van der Waals surface area (Å²) in [5, 5.41) is 26.1. The third kappa shape index (κ3) is 4.50. The van der Waals surface area contributed by atoms with Gasteiger partial charge in [-0.25, -0.2) is 4.98 Å². The van der Waals surface area contributed by atoms with E-state index in [0.717, 1.165) is 35.9 Å². The van der Waals surface area contributed by atoms with Gasteiger partial charge in [-0.2, -0.15) is 18.3 Å². The third-order valence-corrected chi connectivity index (χ3v) is 7.71. The van der Waals surface area contributed by atoms with Gasteiger partial charge < -0.3 is 9.67 Å². The van der Waals surface area contributed by atoms with Gasteiger partial charge in [0, 0.05) is 43.5 Å². The Balaban J connectivity index is 1.43. The molecule has 3 aromatic heterocycles. The van der Waals surface area contributed by atoms with Crippen molar-refractivity contribution in [1.29, 1.82) is 0 Å². The number of halogens is 3. The van der Waals surface area contributed by atoms with Gasteiger partial charge in [0.05, 0.1) is 17.3 Å². The number of benzene rings is 1. The summed E-state index contributed by atoms with van der Waals surface area (Å²) >= 11 is 0. The van der Waals surface area contributed by atoms with E-state index in [2.05, 4.69) is 25.4 Å². The first-order chi connectivity index (χ1) is 17.8. The number of β-amino-alcohol motifs (C(OH)–C–C–N with tert-alkyl or cyclic N) is 1. The van der Waals surface area contributed by atoms with Crippen LogP contribution in [0.2, 0.25) is 0 Å². The molecular weight excluding hydrogens is 483 g/mol. The molecule has 8 nitrogen and oxygen atoms in total. The molecule has 2 fully saturated rings. The summed E-state index contributed by atoms with van der Waals surface area (Å²) in [4.78, 5) is 5.88. The number of aromatic nitrogens is 6. The quantitative estimate of drug-likeness (QED) is 0.402. The number of aliphatic hydroxyl groups excluding tert-OH is 1. The number of rotatable bonds is 6. The highest BCUT2D eigenvalue weighted by Crippen LogP contribution is 2.43. The lowest BCUT2D eigenvalue weighted by Crippen LogP contribution is -2.24. The van der Waals surface area contributed by atoms with Crippen LogP contribution >= 0.6 is 0 Å². The first kappa shape index (κ1) is 24.1. The summed E-state index contributed by atoms with van der Waals surface area (Å²) in [6, 6.07) is 8.93. The Bertz CT molecular complexity index is 1430. The van der Waals surface area contributed by atoms with Crippen LogP contribution in [0, 0.1) is 5.92 Å². The molecule has 2 N–H and O–H groups in total. The normalized spacial score (nSPS) is 20.0. The van der Waals surface area contributed by atoms with E-state index in [-0.39, 0.29) is 18.2 Å². The highest BCUT2D eigenvalue weighted by Gasteiger charge is 2.35. The lowest BCUT2D eigenvalue weighted by atomic mass is 9.72. The molecule has 0 spiro atoms. The molecule has 37 heavy (non-hydrogen) atoms. The second-order valence-electron chi connectivity index (χ2n) is 10.2. The van der Waals surface area contributed by atoms with Crippen LogP contribution in [-0.2, 0) is 19.8 Å². The van der Waals surface area contributed by atoms with Gasteiger partial charge in [-0.15, -0.1) is 10.2 Å². The van der Waals surface area contributed by atoms with Crippen LogP contribution in [0.5, 0.6) is 0 Å². The highest BCUT2D eigenvalue weighted by molar-refractivity contribution is 5.94. The fraction of sp³-hybridized carbons (Fsp3) is 0.462. The zero-order chi connectivity index (χ0) is 25.7. The highest BCUT2D eigenvalue weighted by atomic mass is 19.4. The minimum absolute atomic E-state index is 0.0518. The summed E-state index contributed by atoms with van der Waals surface area (Å²) in [6.07, 6.45) is 0.593. The lowest BCUT2D eigenvalue weighted by molar-refractivity contribution is -0.141. The van der Waals surface area contributed by atoms with E-state index in [1.165, 1.54) is 6.42 Å². The van der Waals surface area contributed by atoms with Crippen molar-refractivity contribution in [2.75, 3.05) is 13.1 Å². The number of aliphatic hydroxyl groups is 1. The number of alkyl halides is 3. The average Bonchev–Trinajstić information content (AvgIpc) is 3.55. The van der Waals surface area contributed by atoms with E-state index < -0.39 is 18.0 Å². The van der Waals surface area contributed by atoms with Gasteiger partial charge >= 0.3 is 6.18 Å². The van der Waals surface area contributed by atoms with Crippen LogP contribution in [0.1, 0.15) is 54.4 Å². The Morgan fingerprint density at radius 2 is 2.03 bits per heavy atom. The maximum absolute atomic E-state index is 13.8. The number of hydrogen-bond acceptors (Lipinski definition) is 6. The summed E-state index contributed by atoms with van der Waals surface area (Å²) < 4.78 is 43.5. The number of H-pyrrole nitrogens is 1. The van der Waals surface area contributed by atoms with Crippen molar-refractivity contribution in [3.8, 4) is 11.3 Å². The molecule has 1 saturated carbocycles. The molecule has 194 valence electrons. The number of likely N-dealkylation sites (tertiary alicyclic amines) is 1. The molecule has 0 bridgehead atoms. The molecule has 4 heterocycles. The van der Waals surface area contributed by atoms with Crippen LogP contribution < -0.4 is 0 Å². The topological polar surface area (TPSA) is 95.8 Å². The van der Waals surface area contributed by atoms with Crippen molar-refractivity contribution in [3.63, 3.8) is 0 Å². The summed E-state index contributed by atoms with van der Waals surface area (Å²) in [5.41, 5.74) is 2.06. The number of nitrogens with zero attached hydrogens (tertiary/aromatic N) is 6. The zero-order valence-electron chi connectivity index (χ0n) is 20.4. The van der Waals surface area contributed by atoms with Crippen molar-refractivity contribution < 1.29 is 18.3 Å². The number of aromatic amines is 1. The van der Waals surface area contributed by atoms with Gasteiger partial charge in [0.2, 0.25) is 0 Å². The number of nitrogens with one attached hydrogen (secondary N) is 1. The van der Waals surface area contributed by atoms with Crippen molar-refractivity contribution in [1.82, 2.24) is 34.8 Å². The summed E-state index contributed by atoms with van der Waals surface area (Å²) in [7, 11) is 1.93. The number of aryl methyl sites for hydroxylation is 1. The first-order valence-electron chi connectivity index (χ1n) is 12.6. The molecule has 1 aromatic carbocycles. The predicted molar refractivity (Wildman–Crippen MR) is 130 cm³/mol. The van der Waals surface area contributed by atoms with Crippen LogP contribution in [-0.4, -0.2) is 59.1 Å². The van der Waals surface area contributed by atoms with E-state index in [0.29, 0.717) is 42.0 Å². The molecule has 4 aromatic rings. The smallest absolute Gasteiger partial charge is 0.392 e. The molecule has 6 rings (SSSR count). The molecule has 0 amide bonds. The minimum atomic E-state index is -4.59. The van der Waals surface area contributed by atoms with Crippen LogP contribution in [0.3, 0.4) is 0 Å². The van der Waals surface area contributed by atoms with Gasteiger partial charge in [0.25, 0.3) is 0 Å². The van der Waals surface area contributed by atoms with E-state index in [4.69, 9.17) is 0 Å². The molecule has 2 atom stereocenters. The van der Waals surface area contributed by atoms with Crippen molar-refractivity contribution in [2.24, 2.45) is 13.0 Å². The van der Waals surface area contributed by atoms with Gasteiger partial charge in [-0.1, -0.05) is 24.6 Å². The third-order valence-electron chi connectivity index (χ3n) is 7.71. The first-order valence-corrected chi connectivity index (χ1v) is 12.6. The van der Waals surface area contributed by atoms with Crippen LogP contribution in [0.15, 0.2) is 36.7 Å². The number of fused-ring (bicyclic) bond motifs is 1. The van der Waals surface area contributed by atoms with E-state index >= 15 is 0 Å². The predicted octanol–water partition coefficient (Wildman–Crippen LogP) is 4.27. The minimum Gasteiger partial charge on any atom is -0.392 e. The maximum atomic E-state index is 13.8. The van der Waals surface area contributed by atoms with Gasteiger partial charge in [-0.3, -0.25) is 10.00 Å². The molecular formula is C26H28F3N7O. The van der Waals surface area contributed by atoms with Gasteiger partial charge in [-0.05, 0) is 42.9 Å². The molecule has 1 aliphatic carbocycles. The van der Waals surface area contributed by atoms with Crippen LogP contribution in [0.4, 0.5) is 13.2 Å². The molecule has 0 radical (unpaired) electrons. The molecule has 1 aliphatic heterocycles. The molecule has 1 saturated heterocycles. The standard InChI is InChI=1S/C26H28F3N7O/c1-35-14-30-34-25(35)22(15-4-2-5-15)16-6-3-7-17(10-16)23-19-11-21(26(27,28)29)31-20(24(19)33-32-23)13-36-9-8-18(37)12-36/h3,6-7,10-11,14-15,18,22,37H,2,4-5,8-9,12-13H2,1H3,(H,32,33). The zero-order valence-corrected chi connectivity index (χ0v) is 20.4. The van der Waals surface area contributed by atoms with Crippen molar-refractivity contribution >= 4 is 10.9 Å². The number of hydrogen-bond donors (Lipinski definition) is 2. The Morgan fingerprint density at radius 3 is 2.68 bits per heavy atom. The van der Waals surface area contributed by atoms with Crippen molar-refractivity contribution in [2.45, 2.75) is 50.4 Å². The summed E-state index contributed by atoms with van der Waals surface area (Å²) in [5.74, 6) is 1.38. The maximum Gasteiger partial charge on any atom is 0.433 e. The fourth-order valence-electron chi connectivity index (χ4n) is 5.59. The Kier molecular flexibility index (Phi) is 5.99. The van der Waals surface area contributed by atoms with E-state index in [1.807, 2.05) is 40.8 Å². The van der Waals surface area contributed by atoms with E-state index in [9.17, 15) is 18.3 Å². The molecule has 2 aliphatic rings. The Morgan fingerprint density at radius 1 is 1.19 bits per heavy atom. The van der Waals surface area contributed by atoms with Crippen molar-refractivity contribution in [3.05, 3.63) is 59.4 Å². The van der Waals surface area contributed by atoms with Crippen LogP contribution in [0.25, 0.3) is 22.2 Å². The SMILES string of the molecule is Cn1cnnc1C(c1cccc(-c2n[nH]c3c(CN4CCC(O)C4)nc(C(F)(F)F)cc23)c1)C1CCC1. The van der Waals surface area contributed by atoms with Gasteiger partial charge in [0.1, 0.15) is 23.5 Å². The molecule has 2 unspecified atom stereocenters. The molecule has 11 heteroatoms. The summed E-state index contributed by atoms with van der Waals surface area (Å²) in [6.45, 7) is 1.22. The largest absolute Gasteiger partial charge is 0.433 e. The van der Waals surface area contributed by atoms with Gasteiger partial charge in [0.15, 0.2) is 0 Å².